The predicted octanol–water partition coefficient (Wildman–Crippen LogP) is 4.00. The number of hydrogen-bond donors (Lipinski definition) is 1. The number of alkyl halides is 3. The molecule has 2 fully saturated rings. The molecule has 1 N–H and O–H groups in total. The van der Waals surface area contributed by atoms with Crippen LogP contribution in [0.3, 0.4) is 0 Å². The molecule has 1 atom stereocenters. The van der Waals surface area contributed by atoms with Crippen LogP contribution in [-0.2, 0) is 11.2 Å². The maximum absolute atomic E-state index is 14.2. The second-order valence-electron chi connectivity index (χ2n) is 6.36. The Balaban J connectivity index is 1.88. The number of rotatable bonds is 5. The molecule has 24 heavy (non-hydrogen) atoms. The average molecular weight is 362 g/mol. The van der Waals surface area contributed by atoms with Crippen LogP contribution in [0.5, 0.6) is 0 Å². The first kappa shape index (κ1) is 17.5. The van der Waals surface area contributed by atoms with Gasteiger partial charge in [-0.1, -0.05) is 0 Å². The van der Waals surface area contributed by atoms with Crippen molar-refractivity contribution < 1.29 is 22.1 Å². The minimum Gasteiger partial charge on any atom is -0.611 e. The zero-order chi connectivity index (χ0) is 17.5. The number of amidine groups is 1. The summed E-state index contributed by atoms with van der Waals surface area (Å²) in [6.45, 7) is 1.45. The summed E-state index contributed by atoms with van der Waals surface area (Å²) in [5, 5.41) is 3.26. The van der Waals surface area contributed by atoms with Crippen molar-refractivity contribution in [1.29, 1.82) is 0 Å². The van der Waals surface area contributed by atoms with E-state index in [0.717, 1.165) is 31.7 Å². The van der Waals surface area contributed by atoms with E-state index in [0.29, 0.717) is 11.9 Å². The fourth-order valence-corrected chi connectivity index (χ4v) is 3.48. The minimum atomic E-state index is -4.54. The van der Waals surface area contributed by atoms with Crippen LogP contribution in [0.4, 0.5) is 23.2 Å². The molecule has 0 heterocycles. The van der Waals surface area contributed by atoms with E-state index in [1.54, 1.807) is 0 Å². The standard InChI is InChI=1S/C16H18F4N2OS/c1-9-6-12(17)13(7-14(9)24(23)8-16(18,19)20)22-15(10-2-3-10)21-11-4-5-11/h6-7,10-11H,2-5,8H2,1H3,(H,21,22). The largest absolute Gasteiger partial charge is 0.611 e. The van der Waals surface area contributed by atoms with E-state index in [9.17, 15) is 22.1 Å². The molecular weight excluding hydrogens is 344 g/mol. The van der Waals surface area contributed by atoms with Crippen molar-refractivity contribution in [2.45, 2.75) is 49.7 Å². The molecule has 0 bridgehead atoms. The van der Waals surface area contributed by atoms with Crippen molar-refractivity contribution in [3.05, 3.63) is 23.5 Å². The van der Waals surface area contributed by atoms with Gasteiger partial charge in [-0.2, -0.15) is 13.2 Å². The Bertz CT molecular complexity index is 654. The third-order valence-corrected chi connectivity index (χ3v) is 5.44. The van der Waals surface area contributed by atoms with Crippen LogP contribution in [0.2, 0.25) is 0 Å². The molecule has 2 saturated carbocycles. The van der Waals surface area contributed by atoms with Gasteiger partial charge in [-0.25, -0.2) is 9.38 Å². The molecule has 3 rings (SSSR count). The smallest absolute Gasteiger partial charge is 0.433 e. The SMILES string of the molecule is Cc1cc(F)c(/N=C(\NC2CC2)C2CC2)cc1[S+]([O-])CC(F)(F)F. The summed E-state index contributed by atoms with van der Waals surface area (Å²) in [5.41, 5.74) is 0.179. The lowest BCUT2D eigenvalue weighted by molar-refractivity contribution is -0.106. The molecule has 0 radical (unpaired) electrons. The van der Waals surface area contributed by atoms with E-state index in [1.165, 1.54) is 13.0 Å². The Morgan fingerprint density at radius 1 is 1.29 bits per heavy atom. The Kier molecular flexibility index (Phi) is 4.79. The van der Waals surface area contributed by atoms with Crippen LogP contribution in [0.1, 0.15) is 31.2 Å². The van der Waals surface area contributed by atoms with Crippen molar-refractivity contribution in [2.75, 3.05) is 5.75 Å². The van der Waals surface area contributed by atoms with Crippen molar-refractivity contribution in [2.24, 2.45) is 10.9 Å². The van der Waals surface area contributed by atoms with Crippen LogP contribution in [0.15, 0.2) is 22.0 Å². The van der Waals surface area contributed by atoms with Gasteiger partial charge in [-0.15, -0.1) is 0 Å². The van der Waals surface area contributed by atoms with Gasteiger partial charge >= 0.3 is 6.18 Å². The molecule has 8 heteroatoms. The van der Waals surface area contributed by atoms with Crippen molar-refractivity contribution >= 4 is 22.7 Å². The fourth-order valence-electron chi connectivity index (χ4n) is 2.36. The monoisotopic (exact) mass is 362 g/mol. The van der Waals surface area contributed by atoms with Crippen molar-refractivity contribution in [1.82, 2.24) is 5.32 Å². The quantitative estimate of drug-likeness (QED) is 0.373. The number of nitrogens with one attached hydrogen (secondary N) is 1. The molecule has 2 aliphatic carbocycles. The van der Waals surface area contributed by atoms with Crippen LogP contribution in [-0.4, -0.2) is 28.4 Å². The fraction of sp³-hybridized carbons (Fsp3) is 0.562. The van der Waals surface area contributed by atoms with Gasteiger partial charge in [0.05, 0.1) is 0 Å². The highest BCUT2D eigenvalue weighted by Gasteiger charge is 2.37. The summed E-state index contributed by atoms with van der Waals surface area (Å²) in [6, 6.07) is 2.64. The van der Waals surface area contributed by atoms with Gasteiger partial charge in [0.25, 0.3) is 0 Å². The van der Waals surface area contributed by atoms with E-state index in [4.69, 9.17) is 0 Å². The third-order valence-electron chi connectivity index (χ3n) is 3.92. The zero-order valence-corrected chi connectivity index (χ0v) is 13.9. The van der Waals surface area contributed by atoms with Crippen LogP contribution < -0.4 is 5.32 Å². The number of nitrogens with zero attached hydrogens (tertiary/aromatic N) is 1. The summed E-state index contributed by atoms with van der Waals surface area (Å²) in [5.74, 6) is -1.11. The highest BCUT2D eigenvalue weighted by Crippen LogP contribution is 2.35. The maximum Gasteiger partial charge on any atom is 0.433 e. The first-order valence-corrected chi connectivity index (χ1v) is 9.15. The van der Waals surface area contributed by atoms with E-state index >= 15 is 0 Å². The molecule has 1 unspecified atom stereocenters. The molecule has 0 saturated heterocycles. The second kappa shape index (κ2) is 6.55. The van der Waals surface area contributed by atoms with Gasteiger partial charge in [0.2, 0.25) is 5.75 Å². The number of aliphatic imine (C=N–C) groups is 1. The van der Waals surface area contributed by atoms with Gasteiger partial charge in [0, 0.05) is 23.6 Å². The molecule has 3 nitrogen and oxygen atoms in total. The number of aryl methyl sites for hydroxylation is 1. The zero-order valence-electron chi connectivity index (χ0n) is 13.1. The van der Waals surface area contributed by atoms with Crippen LogP contribution in [0.25, 0.3) is 0 Å². The average Bonchev–Trinajstić information content (AvgIpc) is 3.32. The third kappa shape index (κ3) is 4.63. The van der Waals surface area contributed by atoms with Crippen LogP contribution in [0, 0.1) is 18.7 Å². The molecule has 132 valence electrons. The number of hydrogen-bond acceptors (Lipinski definition) is 2. The van der Waals surface area contributed by atoms with Gasteiger partial charge in [0.15, 0.2) is 4.90 Å². The summed E-state index contributed by atoms with van der Waals surface area (Å²) in [7, 11) is 0. The number of benzene rings is 1. The molecule has 0 aliphatic heterocycles. The first-order valence-electron chi connectivity index (χ1n) is 7.83. The lowest BCUT2D eigenvalue weighted by atomic mass is 10.2. The molecule has 2 aliphatic rings. The highest BCUT2D eigenvalue weighted by atomic mass is 32.2. The Morgan fingerprint density at radius 2 is 1.96 bits per heavy atom. The normalized spacial score (nSPS) is 20.2. The molecular formula is C16H18F4N2OS. The topological polar surface area (TPSA) is 47.5 Å². The summed E-state index contributed by atoms with van der Waals surface area (Å²) < 4.78 is 63.6. The lowest BCUT2D eigenvalue weighted by Crippen LogP contribution is -2.27. The van der Waals surface area contributed by atoms with Gasteiger partial charge in [0.1, 0.15) is 17.3 Å². The molecule has 0 spiro atoms. The molecule has 0 amide bonds. The summed E-state index contributed by atoms with van der Waals surface area (Å²) in [4.78, 5) is 4.28. The second-order valence-corrected chi connectivity index (χ2v) is 7.78. The lowest BCUT2D eigenvalue weighted by Gasteiger charge is -2.15. The van der Waals surface area contributed by atoms with E-state index in [1.807, 2.05) is 0 Å². The van der Waals surface area contributed by atoms with Gasteiger partial charge in [-0.05, 0) is 49.8 Å². The van der Waals surface area contributed by atoms with Gasteiger partial charge < -0.3 is 9.87 Å². The van der Waals surface area contributed by atoms with Gasteiger partial charge in [-0.3, -0.25) is 0 Å². The van der Waals surface area contributed by atoms with E-state index in [-0.39, 0.29) is 22.1 Å². The molecule has 0 aromatic heterocycles. The first-order chi connectivity index (χ1) is 11.2. The predicted molar refractivity (Wildman–Crippen MR) is 84.4 cm³/mol. The number of halogens is 4. The summed E-state index contributed by atoms with van der Waals surface area (Å²) >= 11 is -2.27. The van der Waals surface area contributed by atoms with E-state index in [2.05, 4.69) is 10.3 Å². The summed E-state index contributed by atoms with van der Waals surface area (Å²) in [6.07, 6.45) is -0.508. The molecule has 1 aromatic rings. The molecule has 1 aromatic carbocycles. The highest BCUT2D eigenvalue weighted by molar-refractivity contribution is 7.91. The Labute approximate surface area is 140 Å². The minimum absolute atomic E-state index is 0.0194. The van der Waals surface area contributed by atoms with Crippen molar-refractivity contribution in [3.63, 3.8) is 0 Å². The Morgan fingerprint density at radius 3 is 2.50 bits per heavy atom. The van der Waals surface area contributed by atoms with Crippen LogP contribution >= 0.6 is 0 Å². The maximum atomic E-state index is 14.2. The van der Waals surface area contributed by atoms with Crippen molar-refractivity contribution in [3.8, 4) is 0 Å². The van der Waals surface area contributed by atoms with E-state index < -0.39 is 28.9 Å². The Hall–Kier alpha value is -1.28.